The summed E-state index contributed by atoms with van der Waals surface area (Å²) < 4.78 is 19.0. The standard InChI is InChI=1S/C20H13ClFNO3/c21-16-10-15(5-6-17(16)22)23-19(24)9-14(20(23)25)8-12-7-13-3-1-2-4-18(13)26-11-12/h1-8,10H,9,11H2. The van der Waals surface area contributed by atoms with Gasteiger partial charge in [-0.15, -0.1) is 0 Å². The van der Waals surface area contributed by atoms with Crippen molar-refractivity contribution in [2.75, 3.05) is 11.5 Å². The first-order valence-corrected chi connectivity index (χ1v) is 8.36. The van der Waals surface area contributed by atoms with Crippen molar-refractivity contribution in [2.24, 2.45) is 0 Å². The summed E-state index contributed by atoms with van der Waals surface area (Å²) in [7, 11) is 0. The molecule has 0 unspecified atom stereocenters. The van der Waals surface area contributed by atoms with E-state index in [4.69, 9.17) is 16.3 Å². The van der Waals surface area contributed by atoms with E-state index in [0.717, 1.165) is 27.9 Å². The lowest BCUT2D eigenvalue weighted by atomic mass is 10.0. The number of hydrogen-bond donors (Lipinski definition) is 0. The van der Waals surface area contributed by atoms with Crippen molar-refractivity contribution in [1.82, 2.24) is 0 Å². The minimum atomic E-state index is -0.603. The molecule has 0 radical (unpaired) electrons. The number of imide groups is 1. The summed E-state index contributed by atoms with van der Waals surface area (Å²) in [5.41, 5.74) is 2.35. The SMILES string of the molecule is O=C1CC(=CC2=Cc3ccccc3OC2)C(=O)N1c1ccc(F)c(Cl)c1. The average Bonchev–Trinajstić information content (AvgIpc) is 2.91. The van der Waals surface area contributed by atoms with Crippen molar-refractivity contribution in [1.29, 1.82) is 0 Å². The molecular weight excluding hydrogens is 357 g/mol. The van der Waals surface area contributed by atoms with Crippen LogP contribution in [0.15, 0.2) is 59.7 Å². The Morgan fingerprint density at radius 3 is 2.77 bits per heavy atom. The molecule has 0 spiro atoms. The van der Waals surface area contributed by atoms with Crippen LogP contribution in [0, 0.1) is 5.82 Å². The minimum Gasteiger partial charge on any atom is -0.488 e. The van der Waals surface area contributed by atoms with Crippen LogP contribution in [0.4, 0.5) is 10.1 Å². The molecule has 0 bridgehead atoms. The van der Waals surface area contributed by atoms with Gasteiger partial charge in [-0.25, -0.2) is 9.29 Å². The summed E-state index contributed by atoms with van der Waals surface area (Å²) in [4.78, 5) is 26.0. The second-order valence-corrected chi connectivity index (χ2v) is 6.43. The zero-order valence-electron chi connectivity index (χ0n) is 13.5. The van der Waals surface area contributed by atoms with E-state index in [1.54, 1.807) is 6.08 Å². The fraction of sp³-hybridized carbons (Fsp3) is 0.100. The normalized spacial score (nSPS) is 18.0. The van der Waals surface area contributed by atoms with E-state index in [-0.39, 0.29) is 23.0 Å². The van der Waals surface area contributed by atoms with Gasteiger partial charge in [-0.1, -0.05) is 29.8 Å². The summed E-state index contributed by atoms with van der Waals surface area (Å²) in [6.45, 7) is 0.324. The molecule has 2 amide bonds. The molecule has 26 heavy (non-hydrogen) atoms. The number of para-hydroxylation sites is 1. The van der Waals surface area contributed by atoms with Crippen LogP contribution < -0.4 is 9.64 Å². The smallest absolute Gasteiger partial charge is 0.261 e. The number of nitrogens with zero attached hydrogens (tertiary/aromatic N) is 1. The second-order valence-electron chi connectivity index (χ2n) is 6.02. The number of carbonyl (C=O) groups is 2. The summed E-state index contributed by atoms with van der Waals surface area (Å²) in [5.74, 6) is -0.626. The minimum absolute atomic E-state index is 0.0210. The van der Waals surface area contributed by atoms with Crippen LogP contribution in [0.2, 0.25) is 5.02 Å². The highest BCUT2D eigenvalue weighted by molar-refractivity contribution is 6.32. The third-order valence-corrected chi connectivity index (χ3v) is 4.53. The lowest BCUT2D eigenvalue weighted by molar-refractivity contribution is -0.120. The molecular formula is C20H13ClFNO3. The molecule has 0 saturated carbocycles. The summed E-state index contributed by atoms with van der Waals surface area (Å²) in [6.07, 6.45) is 3.59. The Hall–Kier alpha value is -2.92. The van der Waals surface area contributed by atoms with Crippen LogP contribution in [-0.4, -0.2) is 18.4 Å². The van der Waals surface area contributed by atoms with Gasteiger partial charge in [0.15, 0.2) is 0 Å². The van der Waals surface area contributed by atoms with E-state index in [1.165, 1.54) is 12.1 Å². The number of fused-ring (bicyclic) bond motifs is 1. The molecule has 0 aliphatic carbocycles. The number of carbonyl (C=O) groups excluding carboxylic acids is 2. The van der Waals surface area contributed by atoms with Gasteiger partial charge in [-0.05, 0) is 42.0 Å². The van der Waals surface area contributed by atoms with Crippen molar-refractivity contribution in [3.63, 3.8) is 0 Å². The molecule has 0 atom stereocenters. The molecule has 4 rings (SSSR count). The number of amides is 2. The van der Waals surface area contributed by atoms with Crippen molar-refractivity contribution in [3.8, 4) is 5.75 Å². The van der Waals surface area contributed by atoms with Gasteiger partial charge in [0.25, 0.3) is 5.91 Å². The quantitative estimate of drug-likeness (QED) is 0.590. The Labute approximate surface area is 154 Å². The molecule has 4 nitrogen and oxygen atoms in total. The number of rotatable bonds is 2. The highest BCUT2D eigenvalue weighted by Crippen LogP contribution is 2.31. The molecule has 1 saturated heterocycles. The monoisotopic (exact) mass is 369 g/mol. The number of ether oxygens (including phenoxy) is 1. The van der Waals surface area contributed by atoms with Crippen LogP contribution in [0.5, 0.6) is 5.75 Å². The van der Waals surface area contributed by atoms with E-state index in [9.17, 15) is 14.0 Å². The predicted molar refractivity (Wildman–Crippen MR) is 96.5 cm³/mol. The second kappa shape index (κ2) is 6.42. The maximum absolute atomic E-state index is 13.3. The number of hydrogen-bond acceptors (Lipinski definition) is 3. The zero-order chi connectivity index (χ0) is 18.3. The Morgan fingerprint density at radius 1 is 1.15 bits per heavy atom. The molecule has 130 valence electrons. The van der Waals surface area contributed by atoms with Crippen LogP contribution >= 0.6 is 11.6 Å². The molecule has 2 aliphatic heterocycles. The lowest BCUT2D eigenvalue weighted by Gasteiger charge is -2.16. The van der Waals surface area contributed by atoms with Crippen molar-refractivity contribution in [2.45, 2.75) is 6.42 Å². The van der Waals surface area contributed by atoms with E-state index in [2.05, 4.69) is 0 Å². The maximum Gasteiger partial charge on any atom is 0.261 e. The van der Waals surface area contributed by atoms with Gasteiger partial charge in [-0.2, -0.15) is 0 Å². The van der Waals surface area contributed by atoms with Gasteiger partial charge in [0.2, 0.25) is 5.91 Å². The first-order valence-electron chi connectivity index (χ1n) is 7.98. The van der Waals surface area contributed by atoms with Crippen molar-refractivity contribution >= 4 is 35.2 Å². The highest BCUT2D eigenvalue weighted by atomic mass is 35.5. The summed E-state index contributed by atoms with van der Waals surface area (Å²) in [6, 6.07) is 11.4. The molecule has 2 heterocycles. The molecule has 2 aromatic rings. The first kappa shape index (κ1) is 16.5. The molecule has 0 N–H and O–H groups in total. The first-order chi connectivity index (χ1) is 12.5. The van der Waals surface area contributed by atoms with Gasteiger partial charge in [-0.3, -0.25) is 9.59 Å². The molecule has 2 aliphatic rings. The molecule has 6 heteroatoms. The van der Waals surface area contributed by atoms with Crippen LogP contribution in [0.3, 0.4) is 0 Å². The van der Waals surface area contributed by atoms with Crippen LogP contribution in [-0.2, 0) is 9.59 Å². The van der Waals surface area contributed by atoms with Gasteiger partial charge < -0.3 is 4.74 Å². The number of anilines is 1. The van der Waals surface area contributed by atoms with E-state index in [0.29, 0.717) is 12.2 Å². The third kappa shape index (κ3) is 2.91. The lowest BCUT2D eigenvalue weighted by Crippen LogP contribution is -2.29. The summed E-state index contributed by atoms with van der Waals surface area (Å²) >= 11 is 5.76. The third-order valence-electron chi connectivity index (χ3n) is 4.24. The Bertz CT molecular complexity index is 996. The van der Waals surface area contributed by atoms with Crippen molar-refractivity contribution < 1.29 is 18.7 Å². The fourth-order valence-corrected chi connectivity index (χ4v) is 3.19. The molecule has 1 fully saturated rings. The molecule has 0 aromatic heterocycles. The Balaban J connectivity index is 1.64. The van der Waals surface area contributed by atoms with Gasteiger partial charge in [0.1, 0.15) is 18.2 Å². The van der Waals surface area contributed by atoms with Gasteiger partial charge in [0, 0.05) is 11.1 Å². The van der Waals surface area contributed by atoms with E-state index < -0.39 is 11.7 Å². The molecule has 2 aromatic carbocycles. The average molecular weight is 370 g/mol. The summed E-state index contributed by atoms with van der Waals surface area (Å²) in [5, 5.41) is -0.138. The van der Waals surface area contributed by atoms with Gasteiger partial charge in [0.05, 0.1) is 17.1 Å². The topological polar surface area (TPSA) is 46.6 Å². The number of halogens is 2. The maximum atomic E-state index is 13.3. The highest BCUT2D eigenvalue weighted by Gasteiger charge is 2.35. The van der Waals surface area contributed by atoms with Crippen LogP contribution in [0.1, 0.15) is 12.0 Å². The largest absolute Gasteiger partial charge is 0.488 e. The van der Waals surface area contributed by atoms with Gasteiger partial charge >= 0.3 is 0 Å². The number of benzene rings is 2. The predicted octanol–water partition coefficient (Wildman–Crippen LogP) is 4.14. The van der Waals surface area contributed by atoms with E-state index in [1.807, 2.05) is 30.3 Å². The van der Waals surface area contributed by atoms with E-state index >= 15 is 0 Å². The Morgan fingerprint density at radius 2 is 1.96 bits per heavy atom. The van der Waals surface area contributed by atoms with Crippen molar-refractivity contribution in [3.05, 3.63) is 76.1 Å². The zero-order valence-corrected chi connectivity index (χ0v) is 14.3. The van der Waals surface area contributed by atoms with Crippen LogP contribution in [0.25, 0.3) is 6.08 Å². The fourth-order valence-electron chi connectivity index (χ4n) is 3.01. The Kier molecular flexibility index (Phi) is 4.09.